The van der Waals surface area contributed by atoms with Gasteiger partial charge in [-0.25, -0.2) is 4.79 Å². The normalized spacial score (nSPS) is 30.3. The summed E-state index contributed by atoms with van der Waals surface area (Å²) in [5.41, 5.74) is 0.945. The van der Waals surface area contributed by atoms with E-state index in [1.54, 1.807) is 19.1 Å². The van der Waals surface area contributed by atoms with Crippen LogP contribution in [0, 0.1) is 11.8 Å². The highest BCUT2D eigenvalue weighted by molar-refractivity contribution is 5.90. The van der Waals surface area contributed by atoms with Crippen molar-refractivity contribution in [2.75, 3.05) is 20.3 Å². The van der Waals surface area contributed by atoms with Crippen LogP contribution in [0.5, 0.6) is 11.5 Å². The van der Waals surface area contributed by atoms with Crippen LogP contribution in [0.4, 0.5) is 0 Å². The zero-order chi connectivity index (χ0) is 28.0. The summed E-state index contributed by atoms with van der Waals surface area (Å²) in [6.07, 6.45) is -5.10. The molecule has 7 atom stereocenters. The number of carbonyl (C=O) groups is 2. The van der Waals surface area contributed by atoms with Crippen LogP contribution in [0.2, 0.25) is 0 Å². The molecule has 0 bridgehead atoms. The van der Waals surface area contributed by atoms with Gasteiger partial charge in [-0.05, 0) is 24.6 Å². The van der Waals surface area contributed by atoms with Gasteiger partial charge in [-0.1, -0.05) is 12.1 Å². The van der Waals surface area contributed by atoms with Gasteiger partial charge in [-0.2, -0.15) is 0 Å². The van der Waals surface area contributed by atoms with E-state index in [1.807, 2.05) is 0 Å². The fourth-order valence-electron chi connectivity index (χ4n) is 4.21. The number of aliphatic hydroxyl groups is 4. The zero-order valence-electron chi connectivity index (χ0n) is 20.8. The molecule has 2 heterocycles. The van der Waals surface area contributed by atoms with E-state index in [9.17, 15) is 40.2 Å². The maximum atomic E-state index is 12.7. The van der Waals surface area contributed by atoms with Crippen LogP contribution in [-0.2, 0) is 39.7 Å². The van der Waals surface area contributed by atoms with Crippen LogP contribution in [0.15, 0.2) is 41.7 Å². The van der Waals surface area contributed by atoms with E-state index in [-0.39, 0.29) is 36.5 Å². The van der Waals surface area contributed by atoms with Crippen LogP contribution in [0.3, 0.4) is 0 Å². The monoisotopic (exact) mass is 540 g/mol. The minimum absolute atomic E-state index is 0.0135. The van der Waals surface area contributed by atoms with Gasteiger partial charge in [-0.15, -0.1) is 0 Å². The van der Waals surface area contributed by atoms with Crippen LogP contribution < -0.4 is 0 Å². The Kier molecular flexibility index (Phi) is 10.1. The van der Waals surface area contributed by atoms with E-state index in [2.05, 4.69) is 0 Å². The quantitative estimate of drug-likeness (QED) is 0.134. The molecule has 13 heteroatoms. The molecule has 6 N–H and O–H groups in total. The second-order valence-corrected chi connectivity index (χ2v) is 8.73. The molecule has 2 aliphatic rings. The van der Waals surface area contributed by atoms with Crippen molar-refractivity contribution >= 4 is 11.9 Å². The van der Waals surface area contributed by atoms with Gasteiger partial charge in [0.1, 0.15) is 6.10 Å². The predicted molar refractivity (Wildman–Crippen MR) is 126 cm³/mol. The Balaban J connectivity index is 1.72. The maximum absolute atomic E-state index is 12.7. The number of benzene rings is 1. The largest absolute Gasteiger partial charge is 0.504 e. The molecule has 0 aromatic heterocycles. The van der Waals surface area contributed by atoms with E-state index < -0.39 is 61.5 Å². The molecule has 2 aliphatic heterocycles. The number of phenolic OH excluding ortho intramolecular Hbond substituents is 2. The second kappa shape index (κ2) is 13.0. The Bertz CT molecular complexity index is 1050. The fourth-order valence-corrected chi connectivity index (χ4v) is 4.21. The lowest BCUT2D eigenvalue weighted by atomic mass is 9.86. The van der Waals surface area contributed by atoms with E-state index in [4.69, 9.17) is 23.7 Å². The molecule has 1 fully saturated rings. The number of hydrogen-bond donors (Lipinski definition) is 6. The second-order valence-electron chi connectivity index (χ2n) is 8.73. The number of ether oxygens (including phenoxy) is 5. The van der Waals surface area contributed by atoms with Crippen molar-refractivity contribution in [1.82, 2.24) is 0 Å². The highest BCUT2D eigenvalue weighted by Gasteiger charge is 2.47. The maximum Gasteiger partial charge on any atom is 0.337 e. The lowest BCUT2D eigenvalue weighted by Gasteiger charge is -2.42. The van der Waals surface area contributed by atoms with E-state index in [0.29, 0.717) is 11.1 Å². The Morgan fingerprint density at radius 3 is 2.47 bits per heavy atom. The average molecular weight is 541 g/mol. The number of methoxy groups -OCH3 is 1. The molecule has 0 amide bonds. The molecule has 38 heavy (non-hydrogen) atoms. The highest BCUT2D eigenvalue weighted by Crippen LogP contribution is 2.37. The van der Waals surface area contributed by atoms with Gasteiger partial charge in [-0.3, -0.25) is 4.79 Å². The molecule has 1 aromatic carbocycles. The molecule has 0 aliphatic carbocycles. The first-order valence-corrected chi connectivity index (χ1v) is 11.8. The Hall–Kier alpha value is -3.20. The third-order valence-corrected chi connectivity index (χ3v) is 6.36. The van der Waals surface area contributed by atoms with Crippen molar-refractivity contribution < 1.29 is 63.9 Å². The molecule has 3 unspecified atom stereocenters. The molecule has 0 radical (unpaired) electrons. The molecule has 13 nitrogen and oxygen atoms in total. The van der Waals surface area contributed by atoms with Crippen molar-refractivity contribution in [2.24, 2.45) is 11.8 Å². The Morgan fingerprint density at radius 1 is 1.11 bits per heavy atom. The standard InChI is InChI=1S/C25H32O13/c1-3-13-14(9-19(29)35-7-6-12-4-5-17(27)18(28)8-12)16(22(32)34-2)11-36-24(13)38-25-15(10-26)20(30)21(31)23(33)37-25/h3-5,8,11,14-15,20-21,23-28,30-31,33H,6-7,9-10H2,1-2H3/t14?,15-,20-,21+,23+,24?,25?/m1/s1. The highest BCUT2D eigenvalue weighted by atomic mass is 16.8. The van der Waals surface area contributed by atoms with E-state index >= 15 is 0 Å². The number of allylic oxidation sites excluding steroid dienone is 1. The van der Waals surface area contributed by atoms with Crippen LogP contribution >= 0.6 is 0 Å². The summed E-state index contributed by atoms with van der Waals surface area (Å²) in [4.78, 5) is 25.1. The van der Waals surface area contributed by atoms with Crippen molar-refractivity contribution in [3.63, 3.8) is 0 Å². The van der Waals surface area contributed by atoms with Gasteiger partial charge < -0.3 is 54.3 Å². The zero-order valence-corrected chi connectivity index (χ0v) is 20.8. The topological polar surface area (TPSA) is 202 Å². The van der Waals surface area contributed by atoms with Crippen molar-refractivity contribution in [2.45, 2.75) is 50.8 Å². The molecular weight excluding hydrogens is 508 g/mol. The molecule has 0 saturated carbocycles. The summed E-state index contributed by atoms with van der Waals surface area (Å²) >= 11 is 0. The van der Waals surface area contributed by atoms with Crippen molar-refractivity contribution in [3.05, 3.63) is 47.2 Å². The smallest absolute Gasteiger partial charge is 0.337 e. The first kappa shape index (κ1) is 29.4. The number of phenols is 2. The predicted octanol–water partition coefficient (Wildman–Crippen LogP) is -0.429. The van der Waals surface area contributed by atoms with Crippen molar-refractivity contribution in [3.8, 4) is 11.5 Å². The molecule has 1 aromatic rings. The van der Waals surface area contributed by atoms with Crippen LogP contribution in [0.1, 0.15) is 18.9 Å². The SMILES string of the molecule is CC=C1C(OC2O[C@H](O)[C@@H](O)[C@H](O)[C@H]2CO)OC=C(C(=O)OC)C1CC(=O)OCCc1ccc(O)c(O)c1. The summed E-state index contributed by atoms with van der Waals surface area (Å²) in [7, 11) is 1.17. The minimum Gasteiger partial charge on any atom is -0.504 e. The number of aliphatic hydroxyl groups excluding tert-OH is 4. The number of carbonyl (C=O) groups excluding carboxylic acids is 2. The number of esters is 2. The number of rotatable bonds is 9. The van der Waals surface area contributed by atoms with Gasteiger partial charge in [0.15, 0.2) is 24.1 Å². The third kappa shape index (κ3) is 6.62. The third-order valence-electron chi connectivity index (χ3n) is 6.36. The lowest BCUT2D eigenvalue weighted by molar-refractivity contribution is -0.352. The van der Waals surface area contributed by atoms with E-state index in [0.717, 1.165) is 6.26 Å². The first-order valence-electron chi connectivity index (χ1n) is 11.8. The van der Waals surface area contributed by atoms with Gasteiger partial charge in [0.05, 0.1) is 50.6 Å². The molecule has 3 rings (SSSR count). The van der Waals surface area contributed by atoms with Crippen LogP contribution in [0.25, 0.3) is 0 Å². The lowest BCUT2D eigenvalue weighted by Crippen LogP contribution is -2.57. The first-order chi connectivity index (χ1) is 18.1. The Labute approximate surface area is 218 Å². The minimum atomic E-state index is -1.79. The van der Waals surface area contributed by atoms with Gasteiger partial charge in [0.25, 0.3) is 0 Å². The Morgan fingerprint density at radius 2 is 1.84 bits per heavy atom. The summed E-state index contributed by atoms with van der Waals surface area (Å²) in [6.45, 7) is 0.926. The summed E-state index contributed by atoms with van der Waals surface area (Å²) in [5.74, 6) is -4.02. The van der Waals surface area contributed by atoms with Crippen LogP contribution in [-0.4, -0.2) is 94.0 Å². The van der Waals surface area contributed by atoms with Crippen molar-refractivity contribution in [1.29, 1.82) is 0 Å². The van der Waals surface area contributed by atoms with E-state index in [1.165, 1.54) is 19.2 Å². The number of hydrogen-bond acceptors (Lipinski definition) is 13. The molecule has 210 valence electrons. The molecule has 1 saturated heterocycles. The summed E-state index contributed by atoms with van der Waals surface area (Å²) in [5, 5.41) is 58.6. The van der Waals surface area contributed by atoms with Gasteiger partial charge >= 0.3 is 11.9 Å². The summed E-state index contributed by atoms with van der Waals surface area (Å²) in [6, 6.07) is 4.23. The van der Waals surface area contributed by atoms with Gasteiger partial charge in [0, 0.05) is 17.9 Å². The molecular formula is C25H32O13. The summed E-state index contributed by atoms with van der Waals surface area (Å²) < 4.78 is 26.6. The average Bonchev–Trinajstić information content (AvgIpc) is 2.89. The fraction of sp³-hybridized carbons (Fsp3) is 0.520. The molecule has 0 spiro atoms. The number of aromatic hydroxyl groups is 2. The van der Waals surface area contributed by atoms with Gasteiger partial charge in [0.2, 0.25) is 6.29 Å².